The van der Waals surface area contributed by atoms with Gasteiger partial charge in [0.25, 0.3) is 11.8 Å². The fourth-order valence-corrected chi connectivity index (χ4v) is 6.57. The minimum atomic E-state index is -4.06. The number of nitrogens with one attached hydrogen (secondary N) is 1. The maximum Gasteiger partial charge on any atom is 0.253 e. The smallest absolute Gasteiger partial charge is 0.253 e. The third kappa shape index (κ3) is 5.65. The molecule has 1 fully saturated rings. The standard InChI is InChI=1S/C31H33N5O5S/c1-4-35-11-13-36(14-12-35)31(38)21-7-5-10-24(16-21)42(39,40)25-15-20(2)28-26(18-25)29(27(19-33-28)30(32)37)34-22-8-6-9-23(17-22)41-3/h5-10,15-19H,4,11-14H2,1-3H3,(H2,32,37)(H,33,34). The summed E-state index contributed by atoms with van der Waals surface area (Å²) in [5, 5.41) is 3.63. The van der Waals surface area contributed by atoms with E-state index in [1.54, 1.807) is 61.4 Å². The van der Waals surface area contributed by atoms with E-state index in [4.69, 9.17) is 10.5 Å². The summed E-state index contributed by atoms with van der Waals surface area (Å²) < 4.78 is 33.2. The van der Waals surface area contributed by atoms with Crippen LogP contribution in [0, 0.1) is 6.92 Å². The summed E-state index contributed by atoms with van der Waals surface area (Å²) >= 11 is 0. The second-order valence-electron chi connectivity index (χ2n) is 10.2. The van der Waals surface area contributed by atoms with Crippen LogP contribution in [-0.2, 0) is 9.84 Å². The van der Waals surface area contributed by atoms with Crippen molar-refractivity contribution < 1.29 is 22.7 Å². The fourth-order valence-electron chi connectivity index (χ4n) is 5.15. The second-order valence-corrected chi connectivity index (χ2v) is 12.1. The molecule has 1 aliphatic rings. The van der Waals surface area contributed by atoms with Crippen molar-refractivity contribution in [1.29, 1.82) is 0 Å². The Labute approximate surface area is 245 Å². The maximum atomic E-state index is 14.0. The predicted molar refractivity (Wildman–Crippen MR) is 161 cm³/mol. The topological polar surface area (TPSA) is 135 Å². The first-order valence-corrected chi connectivity index (χ1v) is 15.1. The highest BCUT2D eigenvalue weighted by molar-refractivity contribution is 7.91. The SMILES string of the molecule is CCN1CCN(C(=O)c2cccc(S(=O)(=O)c3cc(C)c4ncc(C(N)=O)c(Nc5cccc(OC)c5)c4c3)c2)CC1. The molecular weight excluding hydrogens is 554 g/mol. The number of nitrogens with zero attached hydrogens (tertiary/aromatic N) is 3. The molecule has 0 unspecified atom stereocenters. The van der Waals surface area contributed by atoms with Gasteiger partial charge in [-0.25, -0.2) is 8.42 Å². The van der Waals surface area contributed by atoms with Gasteiger partial charge in [0.15, 0.2) is 0 Å². The zero-order valence-corrected chi connectivity index (χ0v) is 24.6. The molecule has 1 aliphatic heterocycles. The number of nitrogens with two attached hydrogens (primary N) is 1. The molecule has 42 heavy (non-hydrogen) atoms. The number of fused-ring (bicyclic) bond motifs is 1. The fraction of sp³-hybridized carbons (Fsp3) is 0.258. The number of amides is 2. The summed E-state index contributed by atoms with van der Waals surface area (Å²) in [6, 6.07) is 16.3. The molecule has 0 bridgehead atoms. The molecule has 11 heteroatoms. The van der Waals surface area contributed by atoms with Crippen LogP contribution in [-0.4, -0.2) is 74.8 Å². The molecule has 0 spiro atoms. The summed E-state index contributed by atoms with van der Waals surface area (Å²) in [4.78, 5) is 34.1. The monoisotopic (exact) mass is 587 g/mol. The molecule has 4 aromatic rings. The van der Waals surface area contributed by atoms with Crippen molar-refractivity contribution in [1.82, 2.24) is 14.8 Å². The number of methoxy groups -OCH3 is 1. The number of ether oxygens (including phenoxy) is 1. The number of anilines is 2. The lowest BCUT2D eigenvalue weighted by Crippen LogP contribution is -2.48. The van der Waals surface area contributed by atoms with E-state index in [1.807, 2.05) is 0 Å². The number of likely N-dealkylation sites (N-methyl/N-ethyl adjacent to an activating group) is 1. The first-order valence-electron chi connectivity index (χ1n) is 13.6. The highest BCUT2D eigenvalue weighted by Gasteiger charge is 2.25. The van der Waals surface area contributed by atoms with Crippen molar-refractivity contribution in [2.75, 3.05) is 45.2 Å². The van der Waals surface area contributed by atoms with E-state index >= 15 is 0 Å². The van der Waals surface area contributed by atoms with Gasteiger partial charge in [0.1, 0.15) is 5.75 Å². The van der Waals surface area contributed by atoms with E-state index in [0.29, 0.717) is 52.2 Å². The van der Waals surface area contributed by atoms with Crippen LogP contribution in [0.15, 0.2) is 76.7 Å². The van der Waals surface area contributed by atoms with Crippen LogP contribution >= 0.6 is 0 Å². The van der Waals surface area contributed by atoms with Crippen LogP contribution in [0.5, 0.6) is 5.75 Å². The predicted octanol–water partition coefficient (Wildman–Crippen LogP) is 4.00. The number of aryl methyl sites for hydroxylation is 1. The van der Waals surface area contributed by atoms with E-state index in [-0.39, 0.29) is 21.3 Å². The lowest BCUT2D eigenvalue weighted by Gasteiger charge is -2.34. The number of piperazine rings is 1. The van der Waals surface area contributed by atoms with Gasteiger partial charge in [-0.15, -0.1) is 0 Å². The Morgan fingerprint density at radius 3 is 2.43 bits per heavy atom. The zero-order chi connectivity index (χ0) is 30.0. The maximum absolute atomic E-state index is 14.0. The summed E-state index contributed by atoms with van der Waals surface area (Å²) in [6.07, 6.45) is 1.38. The van der Waals surface area contributed by atoms with E-state index in [9.17, 15) is 18.0 Å². The Morgan fingerprint density at radius 1 is 1.00 bits per heavy atom. The third-order valence-electron chi connectivity index (χ3n) is 7.55. The number of benzene rings is 3. The van der Waals surface area contributed by atoms with E-state index < -0.39 is 15.7 Å². The van der Waals surface area contributed by atoms with Crippen LogP contribution in [0.4, 0.5) is 11.4 Å². The van der Waals surface area contributed by atoms with Crippen LogP contribution in [0.3, 0.4) is 0 Å². The number of hydrogen-bond acceptors (Lipinski definition) is 8. The minimum Gasteiger partial charge on any atom is -0.497 e. The summed E-state index contributed by atoms with van der Waals surface area (Å²) in [7, 11) is -2.51. The van der Waals surface area contributed by atoms with Crippen LogP contribution in [0.25, 0.3) is 10.9 Å². The Balaban J connectivity index is 1.56. The lowest BCUT2D eigenvalue weighted by molar-refractivity contribution is 0.0643. The number of carbonyl (C=O) groups is 2. The van der Waals surface area contributed by atoms with Gasteiger partial charge in [-0.2, -0.15) is 0 Å². The first-order chi connectivity index (χ1) is 20.1. The number of primary amides is 1. The normalized spacial score (nSPS) is 14.1. The minimum absolute atomic E-state index is 0.000569. The molecule has 2 heterocycles. The number of aromatic nitrogens is 1. The van der Waals surface area contributed by atoms with E-state index in [1.165, 1.54) is 24.4 Å². The van der Waals surface area contributed by atoms with Gasteiger partial charge in [0.2, 0.25) is 9.84 Å². The number of sulfone groups is 1. The van der Waals surface area contributed by atoms with Crippen molar-refractivity contribution in [3.8, 4) is 5.75 Å². The Bertz CT molecular complexity index is 1780. The highest BCUT2D eigenvalue weighted by Crippen LogP contribution is 2.35. The summed E-state index contributed by atoms with van der Waals surface area (Å²) in [5.74, 6) is -0.315. The Kier molecular flexibility index (Phi) is 8.15. The Hall–Kier alpha value is -4.48. The van der Waals surface area contributed by atoms with Crippen LogP contribution < -0.4 is 15.8 Å². The van der Waals surface area contributed by atoms with Crippen LogP contribution in [0.2, 0.25) is 0 Å². The van der Waals surface area contributed by atoms with E-state index in [2.05, 4.69) is 22.1 Å². The van der Waals surface area contributed by atoms with Gasteiger partial charge in [-0.3, -0.25) is 14.6 Å². The average molecular weight is 588 g/mol. The van der Waals surface area contributed by atoms with E-state index in [0.717, 1.165) is 19.6 Å². The molecule has 3 N–H and O–H groups in total. The average Bonchev–Trinajstić information content (AvgIpc) is 3.01. The van der Waals surface area contributed by atoms with Crippen molar-refractivity contribution in [3.63, 3.8) is 0 Å². The van der Waals surface area contributed by atoms with Crippen LogP contribution in [0.1, 0.15) is 33.2 Å². The number of carbonyl (C=O) groups excluding carboxylic acids is 2. The van der Waals surface area contributed by atoms with Gasteiger partial charge in [-0.05, 0) is 61.5 Å². The molecule has 218 valence electrons. The number of hydrogen-bond donors (Lipinski definition) is 2. The summed E-state index contributed by atoms with van der Waals surface area (Å²) in [6.45, 7) is 7.51. The quantitative estimate of drug-likeness (QED) is 0.316. The number of pyridine rings is 1. The zero-order valence-electron chi connectivity index (χ0n) is 23.8. The molecule has 0 saturated carbocycles. The molecular formula is C31H33N5O5S. The molecule has 10 nitrogen and oxygen atoms in total. The van der Waals surface area contributed by atoms with Gasteiger partial charge < -0.3 is 25.6 Å². The van der Waals surface area contributed by atoms with Crippen molar-refractivity contribution in [2.45, 2.75) is 23.6 Å². The van der Waals surface area contributed by atoms with Crippen molar-refractivity contribution in [2.24, 2.45) is 5.73 Å². The molecule has 0 atom stereocenters. The summed E-state index contributed by atoms with van der Waals surface area (Å²) in [5.41, 5.74) is 8.16. The van der Waals surface area contributed by atoms with Gasteiger partial charge >= 0.3 is 0 Å². The van der Waals surface area contributed by atoms with Crippen molar-refractivity contribution in [3.05, 3.63) is 83.6 Å². The molecule has 0 radical (unpaired) electrons. The lowest BCUT2D eigenvalue weighted by atomic mass is 10.1. The molecule has 0 aliphatic carbocycles. The van der Waals surface area contributed by atoms with Gasteiger partial charge in [0.05, 0.1) is 33.7 Å². The van der Waals surface area contributed by atoms with Gasteiger partial charge in [0, 0.05) is 55.1 Å². The molecule has 3 aromatic carbocycles. The third-order valence-corrected chi connectivity index (χ3v) is 9.28. The first kappa shape index (κ1) is 29.0. The highest BCUT2D eigenvalue weighted by atomic mass is 32.2. The largest absolute Gasteiger partial charge is 0.497 e. The molecule has 1 aromatic heterocycles. The molecule has 1 saturated heterocycles. The van der Waals surface area contributed by atoms with Gasteiger partial charge in [-0.1, -0.05) is 19.1 Å². The molecule has 5 rings (SSSR count). The Morgan fingerprint density at radius 2 is 1.74 bits per heavy atom. The van der Waals surface area contributed by atoms with Crippen molar-refractivity contribution >= 4 is 43.9 Å². The molecule has 2 amide bonds. The second kappa shape index (κ2) is 11.8. The number of rotatable bonds is 8.